The first kappa shape index (κ1) is 16.0. The predicted molar refractivity (Wildman–Crippen MR) is 83.6 cm³/mol. The highest BCUT2D eigenvalue weighted by molar-refractivity contribution is 5.33. The standard InChI is InChI=1S/C17H25NO3/c1-18(2)12-16(13-6-8-15(21-3)9-7-13)17(20)10-4-5-14(19)11-17/h4,6-10,14,16,19-20H,5,11-12H2,1-3H3. The largest absolute Gasteiger partial charge is 0.497 e. The SMILES string of the molecule is COc1ccc(C(CN(C)C)C2(O)C=CCC(O)C2)cc1. The van der Waals surface area contributed by atoms with E-state index < -0.39 is 11.7 Å². The molecule has 3 atom stereocenters. The average molecular weight is 291 g/mol. The van der Waals surface area contributed by atoms with E-state index in [0.29, 0.717) is 19.4 Å². The number of nitrogens with zero attached hydrogens (tertiary/aromatic N) is 1. The van der Waals surface area contributed by atoms with Crippen LogP contribution in [0.25, 0.3) is 0 Å². The van der Waals surface area contributed by atoms with Crippen LogP contribution in [-0.4, -0.2) is 54.6 Å². The molecule has 0 saturated heterocycles. The summed E-state index contributed by atoms with van der Waals surface area (Å²) in [4.78, 5) is 2.06. The molecule has 0 aromatic heterocycles. The van der Waals surface area contributed by atoms with Crippen LogP contribution in [0.4, 0.5) is 0 Å². The number of aliphatic hydroxyl groups is 2. The number of methoxy groups -OCH3 is 1. The van der Waals surface area contributed by atoms with Gasteiger partial charge in [0.15, 0.2) is 0 Å². The number of ether oxygens (including phenoxy) is 1. The number of aliphatic hydroxyl groups excluding tert-OH is 1. The van der Waals surface area contributed by atoms with Crippen LogP contribution in [0.1, 0.15) is 24.3 Å². The lowest BCUT2D eigenvalue weighted by Crippen LogP contribution is -2.43. The van der Waals surface area contributed by atoms with E-state index in [-0.39, 0.29) is 5.92 Å². The fourth-order valence-corrected chi connectivity index (χ4v) is 2.97. The average Bonchev–Trinajstić information content (AvgIpc) is 2.44. The van der Waals surface area contributed by atoms with Crippen molar-refractivity contribution >= 4 is 0 Å². The van der Waals surface area contributed by atoms with Crippen molar-refractivity contribution in [2.45, 2.75) is 30.5 Å². The molecule has 0 fully saturated rings. The maximum absolute atomic E-state index is 11.0. The molecule has 2 rings (SSSR count). The normalized spacial score (nSPS) is 26.9. The number of hydrogen-bond donors (Lipinski definition) is 2. The Kier molecular flexibility index (Phi) is 5.04. The van der Waals surface area contributed by atoms with Gasteiger partial charge in [0.1, 0.15) is 5.75 Å². The Morgan fingerprint density at radius 3 is 2.52 bits per heavy atom. The second-order valence-electron chi connectivity index (χ2n) is 6.08. The first-order valence-corrected chi connectivity index (χ1v) is 7.31. The van der Waals surface area contributed by atoms with Crippen molar-refractivity contribution in [1.29, 1.82) is 0 Å². The minimum atomic E-state index is -1.02. The lowest BCUT2D eigenvalue weighted by atomic mass is 9.75. The van der Waals surface area contributed by atoms with E-state index in [1.807, 2.05) is 50.5 Å². The minimum absolute atomic E-state index is 0.0930. The van der Waals surface area contributed by atoms with Crippen LogP contribution in [-0.2, 0) is 0 Å². The zero-order valence-corrected chi connectivity index (χ0v) is 13.0. The van der Waals surface area contributed by atoms with Gasteiger partial charge in [0.25, 0.3) is 0 Å². The highest BCUT2D eigenvalue weighted by Crippen LogP contribution is 2.37. The molecule has 4 heteroatoms. The summed E-state index contributed by atoms with van der Waals surface area (Å²) >= 11 is 0. The molecule has 1 aromatic rings. The third kappa shape index (κ3) is 3.84. The molecular weight excluding hydrogens is 266 g/mol. The molecular formula is C17H25NO3. The van der Waals surface area contributed by atoms with Crippen molar-refractivity contribution in [2.75, 3.05) is 27.7 Å². The maximum atomic E-state index is 11.0. The van der Waals surface area contributed by atoms with Gasteiger partial charge in [-0.05, 0) is 38.2 Å². The van der Waals surface area contributed by atoms with Crippen molar-refractivity contribution in [1.82, 2.24) is 4.90 Å². The third-order valence-corrected chi connectivity index (χ3v) is 4.05. The summed E-state index contributed by atoms with van der Waals surface area (Å²) in [7, 11) is 5.62. The lowest BCUT2D eigenvalue weighted by Gasteiger charge is -2.39. The molecule has 1 aromatic carbocycles. The van der Waals surface area contributed by atoms with Crippen molar-refractivity contribution in [3.8, 4) is 5.75 Å². The Morgan fingerprint density at radius 1 is 1.33 bits per heavy atom. The van der Waals surface area contributed by atoms with Gasteiger partial charge >= 0.3 is 0 Å². The molecule has 1 aliphatic carbocycles. The van der Waals surface area contributed by atoms with E-state index in [1.54, 1.807) is 7.11 Å². The van der Waals surface area contributed by atoms with Crippen LogP contribution < -0.4 is 4.74 Å². The first-order valence-electron chi connectivity index (χ1n) is 7.31. The topological polar surface area (TPSA) is 52.9 Å². The molecule has 0 bridgehead atoms. The lowest BCUT2D eigenvalue weighted by molar-refractivity contribution is -0.00638. The molecule has 0 heterocycles. The Bertz CT molecular complexity index is 483. The predicted octanol–water partition coefficient (Wildman–Crippen LogP) is 1.78. The van der Waals surface area contributed by atoms with Crippen LogP contribution in [0.5, 0.6) is 5.75 Å². The molecule has 2 N–H and O–H groups in total. The van der Waals surface area contributed by atoms with Gasteiger partial charge in [-0.25, -0.2) is 0 Å². The van der Waals surface area contributed by atoms with Gasteiger partial charge in [-0.3, -0.25) is 0 Å². The van der Waals surface area contributed by atoms with Gasteiger partial charge < -0.3 is 19.8 Å². The zero-order valence-electron chi connectivity index (χ0n) is 13.0. The van der Waals surface area contributed by atoms with Crippen LogP contribution in [0, 0.1) is 0 Å². The quantitative estimate of drug-likeness (QED) is 0.812. The summed E-state index contributed by atoms with van der Waals surface area (Å²) < 4.78 is 5.19. The van der Waals surface area contributed by atoms with Crippen molar-refractivity contribution in [2.24, 2.45) is 0 Å². The van der Waals surface area contributed by atoms with E-state index >= 15 is 0 Å². The molecule has 0 amide bonds. The summed E-state index contributed by atoms with van der Waals surface area (Å²) in [6.45, 7) is 0.708. The molecule has 1 aliphatic rings. The molecule has 0 spiro atoms. The maximum Gasteiger partial charge on any atom is 0.118 e. The van der Waals surface area contributed by atoms with Crippen LogP contribution in [0.15, 0.2) is 36.4 Å². The Labute approximate surface area is 126 Å². The fraction of sp³-hybridized carbons (Fsp3) is 0.529. The number of hydrogen-bond acceptors (Lipinski definition) is 4. The number of benzene rings is 1. The van der Waals surface area contributed by atoms with Crippen LogP contribution in [0.3, 0.4) is 0 Å². The van der Waals surface area contributed by atoms with Gasteiger partial charge in [-0.2, -0.15) is 0 Å². The highest BCUT2D eigenvalue weighted by atomic mass is 16.5. The van der Waals surface area contributed by atoms with E-state index in [2.05, 4.69) is 4.90 Å². The van der Waals surface area contributed by atoms with Gasteiger partial charge in [-0.1, -0.05) is 24.3 Å². The summed E-state index contributed by atoms with van der Waals surface area (Å²) in [6.07, 6.45) is 4.22. The Morgan fingerprint density at radius 2 is 2.00 bits per heavy atom. The van der Waals surface area contributed by atoms with Gasteiger partial charge in [0.05, 0.1) is 18.8 Å². The third-order valence-electron chi connectivity index (χ3n) is 4.05. The van der Waals surface area contributed by atoms with Gasteiger partial charge in [0, 0.05) is 18.9 Å². The highest BCUT2D eigenvalue weighted by Gasteiger charge is 2.39. The second-order valence-corrected chi connectivity index (χ2v) is 6.08. The molecule has 4 nitrogen and oxygen atoms in total. The molecule has 0 saturated carbocycles. The van der Waals surface area contributed by atoms with E-state index in [9.17, 15) is 10.2 Å². The van der Waals surface area contributed by atoms with E-state index in [0.717, 1.165) is 11.3 Å². The Balaban J connectivity index is 2.32. The van der Waals surface area contributed by atoms with Crippen molar-refractivity contribution in [3.05, 3.63) is 42.0 Å². The van der Waals surface area contributed by atoms with E-state index in [1.165, 1.54) is 0 Å². The first-order chi connectivity index (χ1) is 9.94. The van der Waals surface area contributed by atoms with Crippen LogP contribution in [0.2, 0.25) is 0 Å². The molecule has 0 aliphatic heterocycles. The number of rotatable bonds is 5. The second kappa shape index (κ2) is 6.60. The Hall–Kier alpha value is -1.36. The zero-order chi connectivity index (χ0) is 15.5. The summed E-state index contributed by atoms with van der Waals surface area (Å²) in [5.41, 5.74) is 0.0297. The molecule has 0 radical (unpaired) electrons. The van der Waals surface area contributed by atoms with Crippen LogP contribution >= 0.6 is 0 Å². The van der Waals surface area contributed by atoms with E-state index in [4.69, 9.17) is 4.74 Å². The van der Waals surface area contributed by atoms with Crippen molar-refractivity contribution in [3.63, 3.8) is 0 Å². The minimum Gasteiger partial charge on any atom is -0.497 e. The molecule has 3 unspecified atom stereocenters. The summed E-state index contributed by atoms with van der Waals surface area (Å²) in [6, 6.07) is 7.79. The fourth-order valence-electron chi connectivity index (χ4n) is 2.97. The van der Waals surface area contributed by atoms with Crippen molar-refractivity contribution < 1.29 is 14.9 Å². The van der Waals surface area contributed by atoms with Gasteiger partial charge in [-0.15, -0.1) is 0 Å². The molecule has 116 valence electrons. The summed E-state index contributed by atoms with van der Waals surface area (Å²) in [5.74, 6) is 0.707. The summed E-state index contributed by atoms with van der Waals surface area (Å²) in [5, 5.41) is 20.9. The molecule has 21 heavy (non-hydrogen) atoms. The smallest absolute Gasteiger partial charge is 0.118 e. The number of likely N-dealkylation sites (N-methyl/N-ethyl adjacent to an activating group) is 1. The monoisotopic (exact) mass is 291 g/mol. The van der Waals surface area contributed by atoms with Gasteiger partial charge in [0.2, 0.25) is 0 Å².